The second-order valence-electron chi connectivity index (χ2n) is 5.31. The molecule has 0 radical (unpaired) electrons. The number of rotatable bonds is 7. The van der Waals surface area contributed by atoms with E-state index >= 15 is 0 Å². The topological polar surface area (TPSA) is 92.4 Å². The summed E-state index contributed by atoms with van der Waals surface area (Å²) in [5.74, 6) is -0.828. The Kier molecular flexibility index (Phi) is 5.51. The quantitative estimate of drug-likeness (QED) is 0.818. The highest BCUT2D eigenvalue weighted by Gasteiger charge is 2.17. The number of carboxylic acids is 1. The van der Waals surface area contributed by atoms with Gasteiger partial charge in [0.2, 0.25) is 5.76 Å². The van der Waals surface area contributed by atoms with Crippen LogP contribution in [0.15, 0.2) is 34.9 Å². The summed E-state index contributed by atoms with van der Waals surface area (Å²) in [6.07, 6.45) is 1.89. The highest BCUT2D eigenvalue weighted by atomic mass is 16.5. The van der Waals surface area contributed by atoms with Crippen LogP contribution in [0.2, 0.25) is 0 Å². The second kappa shape index (κ2) is 7.58. The lowest BCUT2D eigenvalue weighted by molar-refractivity contribution is 0.0696. The van der Waals surface area contributed by atoms with Crippen LogP contribution in [0.1, 0.15) is 64.8 Å². The molecule has 23 heavy (non-hydrogen) atoms. The number of nitrogens with one attached hydrogen (secondary N) is 1. The Hall–Kier alpha value is -2.63. The van der Waals surface area contributed by atoms with E-state index in [1.54, 1.807) is 18.2 Å². The summed E-state index contributed by atoms with van der Waals surface area (Å²) in [7, 11) is 0. The Balaban J connectivity index is 1.95. The number of carbonyl (C=O) groups excluding carboxylic acids is 1. The predicted octanol–water partition coefficient (Wildman–Crippen LogP) is 3.21. The number of benzene rings is 1. The van der Waals surface area contributed by atoms with Crippen LogP contribution in [0.4, 0.5) is 0 Å². The van der Waals surface area contributed by atoms with Crippen LogP contribution in [0.5, 0.6) is 0 Å². The minimum atomic E-state index is -0.976. The van der Waals surface area contributed by atoms with Crippen molar-refractivity contribution in [1.82, 2.24) is 10.5 Å². The van der Waals surface area contributed by atoms with Gasteiger partial charge < -0.3 is 14.9 Å². The molecule has 1 aromatic carbocycles. The lowest BCUT2D eigenvalue weighted by Crippen LogP contribution is -2.22. The van der Waals surface area contributed by atoms with Crippen molar-refractivity contribution < 1.29 is 19.2 Å². The molecular weight excluding hydrogens is 296 g/mol. The van der Waals surface area contributed by atoms with Crippen LogP contribution in [0.25, 0.3) is 0 Å². The number of amides is 1. The van der Waals surface area contributed by atoms with Crippen molar-refractivity contribution in [3.8, 4) is 0 Å². The van der Waals surface area contributed by atoms with Crippen LogP contribution in [-0.2, 0) is 6.54 Å². The van der Waals surface area contributed by atoms with E-state index in [2.05, 4.69) is 24.3 Å². The molecule has 1 heterocycles. The number of nitrogens with zero attached hydrogens (tertiary/aromatic N) is 1. The summed E-state index contributed by atoms with van der Waals surface area (Å²) >= 11 is 0. The van der Waals surface area contributed by atoms with Gasteiger partial charge in [-0.05, 0) is 30.5 Å². The maximum atomic E-state index is 12.1. The first-order chi connectivity index (χ1) is 11.0. The van der Waals surface area contributed by atoms with E-state index in [9.17, 15) is 9.59 Å². The van der Waals surface area contributed by atoms with Crippen LogP contribution in [0, 0.1) is 0 Å². The van der Waals surface area contributed by atoms with Crippen molar-refractivity contribution in [3.63, 3.8) is 0 Å². The Bertz CT molecular complexity index is 672. The number of carbonyl (C=O) groups is 2. The minimum Gasteiger partial charge on any atom is -0.478 e. The SMILES string of the molecule is CCC(CC)c1cc(C(=O)NCc2ccc(C(=O)O)cc2)on1. The molecule has 6 heteroatoms. The molecule has 0 spiro atoms. The molecule has 1 amide bonds. The van der Waals surface area contributed by atoms with Gasteiger partial charge in [0, 0.05) is 18.5 Å². The fourth-order valence-corrected chi connectivity index (χ4v) is 2.33. The summed E-state index contributed by atoms with van der Waals surface area (Å²) in [4.78, 5) is 22.8. The molecule has 0 bridgehead atoms. The van der Waals surface area contributed by atoms with Crippen molar-refractivity contribution in [3.05, 3.63) is 52.9 Å². The normalized spacial score (nSPS) is 10.7. The molecule has 2 rings (SSSR count). The fourth-order valence-electron chi connectivity index (χ4n) is 2.33. The maximum absolute atomic E-state index is 12.1. The smallest absolute Gasteiger partial charge is 0.335 e. The molecule has 122 valence electrons. The highest BCUT2D eigenvalue weighted by molar-refractivity contribution is 5.91. The third-order valence-electron chi connectivity index (χ3n) is 3.81. The van der Waals surface area contributed by atoms with Gasteiger partial charge in [-0.1, -0.05) is 31.1 Å². The first-order valence-corrected chi connectivity index (χ1v) is 7.62. The highest BCUT2D eigenvalue weighted by Crippen LogP contribution is 2.22. The monoisotopic (exact) mass is 316 g/mol. The number of carboxylic acid groups (broad SMARTS) is 1. The average Bonchev–Trinajstić information content (AvgIpc) is 3.04. The van der Waals surface area contributed by atoms with Gasteiger partial charge in [0.05, 0.1) is 11.3 Å². The standard InChI is InChI=1S/C17H20N2O4/c1-3-12(4-2)14-9-15(23-19-14)16(20)18-10-11-5-7-13(8-6-11)17(21)22/h5-9,12H,3-4,10H2,1-2H3,(H,18,20)(H,21,22). The molecule has 0 atom stereocenters. The predicted molar refractivity (Wildman–Crippen MR) is 84.4 cm³/mol. The molecule has 2 N–H and O–H groups in total. The summed E-state index contributed by atoms with van der Waals surface area (Å²) in [6.45, 7) is 4.44. The zero-order valence-electron chi connectivity index (χ0n) is 13.2. The van der Waals surface area contributed by atoms with Crippen LogP contribution in [-0.4, -0.2) is 22.1 Å². The molecule has 2 aromatic rings. The van der Waals surface area contributed by atoms with Gasteiger partial charge in [0.15, 0.2) is 0 Å². The minimum absolute atomic E-state index is 0.189. The molecule has 0 aliphatic rings. The maximum Gasteiger partial charge on any atom is 0.335 e. The largest absolute Gasteiger partial charge is 0.478 e. The number of aromatic carboxylic acids is 1. The summed E-state index contributed by atoms with van der Waals surface area (Å²) in [5, 5.41) is 15.5. The van der Waals surface area contributed by atoms with Gasteiger partial charge in [-0.25, -0.2) is 4.79 Å². The van der Waals surface area contributed by atoms with E-state index in [1.165, 1.54) is 12.1 Å². The lowest BCUT2D eigenvalue weighted by Gasteiger charge is -2.06. The van der Waals surface area contributed by atoms with Gasteiger partial charge >= 0.3 is 5.97 Å². The molecule has 0 fully saturated rings. The van der Waals surface area contributed by atoms with Crippen LogP contribution >= 0.6 is 0 Å². The van der Waals surface area contributed by atoms with E-state index in [1.807, 2.05) is 0 Å². The fraction of sp³-hybridized carbons (Fsp3) is 0.353. The Morgan fingerprint density at radius 3 is 2.43 bits per heavy atom. The average molecular weight is 316 g/mol. The third-order valence-corrected chi connectivity index (χ3v) is 3.81. The molecule has 1 aromatic heterocycles. The first-order valence-electron chi connectivity index (χ1n) is 7.62. The Morgan fingerprint density at radius 1 is 1.22 bits per heavy atom. The summed E-state index contributed by atoms with van der Waals surface area (Å²) in [5.41, 5.74) is 1.82. The number of hydrogen-bond acceptors (Lipinski definition) is 4. The molecule has 0 unspecified atom stereocenters. The molecule has 0 saturated carbocycles. The van der Waals surface area contributed by atoms with Crippen molar-refractivity contribution in [1.29, 1.82) is 0 Å². The van der Waals surface area contributed by atoms with E-state index in [4.69, 9.17) is 9.63 Å². The summed E-state index contributed by atoms with van der Waals surface area (Å²) in [6, 6.07) is 8.02. The second-order valence-corrected chi connectivity index (χ2v) is 5.31. The molecule has 0 aliphatic heterocycles. The van der Waals surface area contributed by atoms with Gasteiger partial charge in [0.25, 0.3) is 5.91 Å². The molecular formula is C17H20N2O4. The van der Waals surface area contributed by atoms with E-state index in [-0.39, 0.29) is 17.2 Å². The third kappa shape index (κ3) is 4.18. The van der Waals surface area contributed by atoms with Crippen LogP contribution in [0.3, 0.4) is 0 Å². The molecule has 0 aliphatic carbocycles. The van der Waals surface area contributed by atoms with Crippen molar-refractivity contribution in [2.24, 2.45) is 0 Å². The molecule has 0 saturated heterocycles. The summed E-state index contributed by atoms with van der Waals surface area (Å²) < 4.78 is 5.11. The zero-order chi connectivity index (χ0) is 16.8. The van der Waals surface area contributed by atoms with E-state index < -0.39 is 5.97 Å². The van der Waals surface area contributed by atoms with Gasteiger partial charge in [0.1, 0.15) is 0 Å². The van der Waals surface area contributed by atoms with Crippen molar-refractivity contribution in [2.75, 3.05) is 0 Å². The zero-order valence-corrected chi connectivity index (χ0v) is 13.2. The first kappa shape index (κ1) is 16.7. The van der Waals surface area contributed by atoms with E-state index in [0.29, 0.717) is 12.5 Å². The van der Waals surface area contributed by atoms with Gasteiger partial charge in [-0.15, -0.1) is 0 Å². The Morgan fingerprint density at radius 2 is 1.87 bits per heavy atom. The molecule has 6 nitrogen and oxygen atoms in total. The lowest BCUT2D eigenvalue weighted by atomic mass is 9.99. The number of hydrogen-bond donors (Lipinski definition) is 2. The van der Waals surface area contributed by atoms with Crippen LogP contribution < -0.4 is 5.32 Å². The van der Waals surface area contributed by atoms with Crippen molar-refractivity contribution >= 4 is 11.9 Å². The van der Waals surface area contributed by atoms with Crippen molar-refractivity contribution in [2.45, 2.75) is 39.2 Å². The Labute approximate surface area is 134 Å². The van der Waals surface area contributed by atoms with Gasteiger partial charge in [-0.3, -0.25) is 4.79 Å². The van der Waals surface area contributed by atoms with Gasteiger partial charge in [-0.2, -0.15) is 0 Å². The van der Waals surface area contributed by atoms with E-state index in [0.717, 1.165) is 24.1 Å². The number of aromatic nitrogens is 1.